The van der Waals surface area contributed by atoms with Crippen LogP contribution in [0.1, 0.15) is 16.7 Å². The van der Waals surface area contributed by atoms with Crippen molar-refractivity contribution in [3.8, 4) is 5.75 Å². The standard InChI is InChI=1S/C23H19Br2Cl2NO3/c24-17-7-15(8-18(25)10-17)9-22(23(29)30)28-12-14-1-5-20(6-2-14)31-13-16-3-4-19(26)11-21(16)27/h1-8,10-11,22,28H,9,12-13H2,(H,29,30). The predicted molar refractivity (Wildman–Crippen MR) is 131 cm³/mol. The zero-order chi connectivity index (χ0) is 22.4. The van der Waals surface area contributed by atoms with Gasteiger partial charge >= 0.3 is 5.97 Å². The first-order valence-electron chi connectivity index (χ1n) is 9.37. The maximum Gasteiger partial charge on any atom is 0.321 e. The van der Waals surface area contributed by atoms with Crippen LogP contribution in [0.5, 0.6) is 5.75 Å². The van der Waals surface area contributed by atoms with Crippen molar-refractivity contribution in [3.05, 3.63) is 96.3 Å². The number of carboxylic acid groups (broad SMARTS) is 1. The van der Waals surface area contributed by atoms with E-state index >= 15 is 0 Å². The van der Waals surface area contributed by atoms with Gasteiger partial charge in [0.25, 0.3) is 0 Å². The van der Waals surface area contributed by atoms with Crippen molar-refractivity contribution in [1.29, 1.82) is 0 Å². The van der Waals surface area contributed by atoms with Crippen LogP contribution in [0.25, 0.3) is 0 Å². The van der Waals surface area contributed by atoms with Gasteiger partial charge in [0.05, 0.1) is 0 Å². The third-order valence-electron chi connectivity index (χ3n) is 4.55. The Balaban J connectivity index is 1.56. The molecule has 0 saturated carbocycles. The second kappa shape index (κ2) is 11.3. The van der Waals surface area contributed by atoms with Gasteiger partial charge in [0.1, 0.15) is 18.4 Å². The van der Waals surface area contributed by atoms with Crippen molar-refractivity contribution in [3.63, 3.8) is 0 Å². The number of carboxylic acids is 1. The lowest BCUT2D eigenvalue weighted by Gasteiger charge is -2.15. The van der Waals surface area contributed by atoms with Crippen molar-refractivity contribution in [2.24, 2.45) is 0 Å². The SMILES string of the molecule is O=C(O)C(Cc1cc(Br)cc(Br)c1)NCc1ccc(OCc2ccc(Cl)cc2Cl)cc1. The Bertz CT molecular complexity index is 1040. The summed E-state index contributed by atoms with van der Waals surface area (Å²) in [6, 6.07) is 17.8. The third-order valence-corrected chi connectivity index (χ3v) is 6.05. The zero-order valence-corrected chi connectivity index (χ0v) is 20.9. The number of carbonyl (C=O) groups is 1. The predicted octanol–water partition coefficient (Wildman–Crippen LogP) is 6.88. The normalized spacial score (nSPS) is 11.9. The van der Waals surface area contributed by atoms with E-state index in [1.807, 2.05) is 48.5 Å². The largest absolute Gasteiger partial charge is 0.489 e. The van der Waals surface area contributed by atoms with Crippen molar-refractivity contribution in [2.75, 3.05) is 0 Å². The summed E-state index contributed by atoms with van der Waals surface area (Å²) in [6.07, 6.45) is 0.371. The number of nitrogens with one attached hydrogen (secondary N) is 1. The smallest absolute Gasteiger partial charge is 0.321 e. The number of aliphatic carboxylic acids is 1. The molecule has 0 amide bonds. The molecule has 3 rings (SSSR count). The molecular formula is C23H19Br2Cl2NO3. The van der Waals surface area contributed by atoms with Gasteiger partial charge in [-0.25, -0.2) is 0 Å². The van der Waals surface area contributed by atoms with E-state index in [2.05, 4.69) is 37.2 Å². The molecule has 8 heteroatoms. The summed E-state index contributed by atoms with van der Waals surface area (Å²) in [5, 5.41) is 13.8. The van der Waals surface area contributed by atoms with Gasteiger partial charge in [-0.1, -0.05) is 73.3 Å². The fraction of sp³-hybridized carbons (Fsp3) is 0.174. The Morgan fingerprint density at radius 1 is 0.968 bits per heavy atom. The molecule has 3 aromatic rings. The summed E-state index contributed by atoms with van der Waals surface area (Å²) in [5.41, 5.74) is 2.73. The summed E-state index contributed by atoms with van der Waals surface area (Å²) in [4.78, 5) is 11.7. The van der Waals surface area contributed by atoms with E-state index < -0.39 is 12.0 Å². The van der Waals surface area contributed by atoms with Gasteiger partial charge in [0, 0.05) is 31.1 Å². The first kappa shape index (κ1) is 24.1. The van der Waals surface area contributed by atoms with Gasteiger partial charge in [0.2, 0.25) is 0 Å². The highest BCUT2D eigenvalue weighted by Gasteiger charge is 2.18. The lowest BCUT2D eigenvalue weighted by molar-refractivity contribution is -0.139. The molecule has 0 aromatic heterocycles. The highest BCUT2D eigenvalue weighted by Crippen LogP contribution is 2.23. The summed E-state index contributed by atoms with van der Waals surface area (Å²) >= 11 is 18.9. The van der Waals surface area contributed by atoms with E-state index in [4.69, 9.17) is 27.9 Å². The molecule has 2 N–H and O–H groups in total. The van der Waals surface area contributed by atoms with Gasteiger partial charge in [-0.05, 0) is 60.0 Å². The molecule has 31 heavy (non-hydrogen) atoms. The van der Waals surface area contributed by atoms with Crippen LogP contribution in [0, 0.1) is 0 Å². The fourth-order valence-electron chi connectivity index (χ4n) is 2.96. The van der Waals surface area contributed by atoms with Crippen LogP contribution in [0.2, 0.25) is 10.0 Å². The Morgan fingerprint density at radius 2 is 1.65 bits per heavy atom. The average Bonchev–Trinajstić information content (AvgIpc) is 2.70. The van der Waals surface area contributed by atoms with E-state index in [1.54, 1.807) is 12.1 Å². The van der Waals surface area contributed by atoms with Crippen LogP contribution >= 0.6 is 55.1 Å². The molecule has 3 aromatic carbocycles. The fourth-order valence-corrected chi connectivity index (χ4v) is 4.81. The molecular weight excluding hydrogens is 569 g/mol. The Morgan fingerprint density at radius 3 is 2.26 bits per heavy atom. The second-order valence-corrected chi connectivity index (χ2v) is 9.60. The van der Waals surface area contributed by atoms with Gasteiger partial charge in [-0.15, -0.1) is 0 Å². The molecule has 0 heterocycles. The molecule has 0 bridgehead atoms. The van der Waals surface area contributed by atoms with Crippen LogP contribution in [0.3, 0.4) is 0 Å². The van der Waals surface area contributed by atoms with E-state index in [1.165, 1.54) is 0 Å². The van der Waals surface area contributed by atoms with Crippen LogP contribution in [0.4, 0.5) is 0 Å². The minimum Gasteiger partial charge on any atom is -0.489 e. The van der Waals surface area contributed by atoms with Crippen molar-refractivity contribution in [1.82, 2.24) is 5.32 Å². The second-order valence-electron chi connectivity index (χ2n) is 6.92. The molecule has 1 unspecified atom stereocenters. The molecule has 0 fully saturated rings. The van der Waals surface area contributed by atoms with E-state index in [9.17, 15) is 9.90 Å². The summed E-state index contributed by atoms with van der Waals surface area (Å²) in [6.45, 7) is 0.756. The first-order chi connectivity index (χ1) is 14.8. The zero-order valence-electron chi connectivity index (χ0n) is 16.2. The molecule has 0 aliphatic carbocycles. The number of hydrogen-bond donors (Lipinski definition) is 2. The van der Waals surface area contributed by atoms with Crippen LogP contribution < -0.4 is 10.1 Å². The lowest BCUT2D eigenvalue weighted by Crippen LogP contribution is -2.38. The van der Waals surface area contributed by atoms with E-state index in [0.29, 0.717) is 35.4 Å². The molecule has 0 aliphatic rings. The third kappa shape index (κ3) is 7.51. The Hall–Kier alpha value is -1.57. The van der Waals surface area contributed by atoms with Gasteiger partial charge < -0.3 is 15.2 Å². The minimum atomic E-state index is -0.893. The summed E-state index contributed by atoms with van der Waals surface area (Å²) < 4.78 is 7.58. The van der Waals surface area contributed by atoms with Crippen molar-refractivity contribution < 1.29 is 14.6 Å². The summed E-state index contributed by atoms with van der Waals surface area (Å²) in [5.74, 6) is -0.195. The number of benzene rings is 3. The van der Waals surface area contributed by atoms with Crippen molar-refractivity contribution in [2.45, 2.75) is 25.6 Å². The summed E-state index contributed by atoms with van der Waals surface area (Å²) in [7, 11) is 0. The maximum atomic E-state index is 11.7. The van der Waals surface area contributed by atoms with Crippen LogP contribution in [0.15, 0.2) is 69.6 Å². The number of rotatable bonds is 9. The number of ether oxygens (including phenoxy) is 1. The first-order valence-corrected chi connectivity index (χ1v) is 11.7. The van der Waals surface area contributed by atoms with Gasteiger partial charge in [-0.3, -0.25) is 4.79 Å². The van der Waals surface area contributed by atoms with Crippen LogP contribution in [-0.2, 0) is 24.4 Å². The molecule has 1 atom stereocenters. The quantitative estimate of drug-likeness (QED) is 0.286. The topological polar surface area (TPSA) is 58.6 Å². The van der Waals surface area contributed by atoms with Crippen LogP contribution in [-0.4, -0.2) is 17.1 Å². The highest BCUT2D eigenvalue weighted by molar-refractivity contribution is 9.11. The van der Waals surface area contributed by atoms with E-state index in [0.717, 1.165) is 25.6 Å². The Kier molecular flexibility index (Phi) is 8.81. The maximum absolute atomic E-state index is 11.7. The molecule has 0 radical (unpaired) electrons. The Labute approximate surface area is 207 Å². The van der Waals surface area contributed by atoms with E-state index in [-0.39, 0.29) is 0 Å². The lowest BCUT2D eigenvalue weighted by atomic mass is 10.1. The van der Waals surface area contributed by atoms with Crippen molar-refractivity contribution >= 4 is 61.0 Å². The average molecular weight is 588 g/mol. The molecule has 162 valence electrons. The monoisotopic (exact) mass is 585 g/mol. The molecule has 0 aliphatic heterocycles. The van der Waals surface area contributed by atoms with Gasteiger partial charge in [-0.2, -0.15) is 0 Å². The number of hydrogen-bond acceptors (Lipinski definition) is 3. The molecule has 0 spiro atoms. The highest BCUT2D eigenvalue weighted by atomic mass is 79.9. The number of halogens is 4. The molecule has 4 nitrogen and oxygen atoms in total. The van der Waals surface area contributed by atoms with Gasteiger partial charge in [0.15, 0.2) is 0 Å². The molecule has 0 saturated heterocycles. The minimum absolute atomic E-state index is 0.330.